The summed E-state index contributed by atoms with van der Waals surface area (Å²) >= 11 is 0. The van der Waals surface area contributed by atoms with Crippen LogP contribution in [0.2, 0.25) is 0 Å². The minimum atomic E-state index is -1.82. The van der Waals surface area contributed by atoms with Gasteiger partial charge in [0.15, 0.2) is 0 Å². The van der Waals surface area contributed by atoms with Gasteiger partial charge in [-0.1, -0.05) is 18.2 Å². The fraction of sp³-hybridized carbons (Fsp3) is 0.400. The summed E-state index contributed by atoms with van der Waals surface area (Å²) < 4.78 is 0. The van der Waals surface area contributed by atoms with Crippen molar-refractivity contribution < 1.29 is 5.11 Å². The minimum absolute atomic E-state index is 0.0919. The Balaban J connectivity index is 3.03. The van der Waals surface area contributed by atoms with Crippen LogP contribution >= 0.6 is 7.14 Å². The van der Waals surface area contributed by atoms with Crippen molar-refractivity contribution in [2.75, 3.05) is 6.35 Å². The molecular formula is C10H15BOP. The van der Waals surface area contributed by atoms with Gasteiger partial charge in [0.05, 0.1) is 0 Å². The molecule has 0 saturated carbocycles. The monoisotopic (exact) mass is 193 g/mol. The van der Waals surface area contributed by atoms with Gasteiger partial charge in [-0.25, -0.2) is 0 Å². The third-order valence-electron chi connectivity index (χ3n) is 2.39. The van der Waals surface area contributed by atoms with Gasteiger partial charge in [0.1, 0.15) is 6.35 Å². The number of benzene rings is 1. The Bertz CT molecular complexity index is 263. The summed E-state index contributed by atoms with van der Waals surface area (Å²) in [7, 11) is 4.40. The average Bonchev–Trinajstić information content (AvgIpc) is 2.17. The standard InChI is InChI=1S/C10H15BOP/c1-9(2)13(11,8-12)10-6-4-3-5-7-10/h3-7,9,12H,8H2,1-2H3. The van der Waals surface area contributed by atoms with E-state index in [1.165, 1.54) is 0 Å². The van der Waals surface area contributed by atoms with Gasteiger partial charge in [-0.05, 0) is 26.0 Å². The maximum absolute atomic E-state index is 9.33. The van der Waals surface area contributed by atoms with E-state index in [-0.39, 0.29) is 6.35 Å². The Morgan fingerprint density at radius 1 is 1.31 bits per heavy atom. The van der Waals surface area contributed by atoms with Gasteiger partial charge in [0, 0.05) is 11.0 Å². The largest absolute Gasteiger partial charge is 0.366 e. The van der Waals surface area contributed by atoms with Gasteiger partial charge in [0.2, 0.25) is 0 Å². The molecule has 0 fully saturated rings. The molecule has 0 saturated heterocycles. The van der Waals surface area contributed by atoms with Gasteiger partial charge in [-0.15, -0.1) is 0 Å². The second kappa shape index (κ2) is 4.26. The maximum Gasteiger partial charge on any atom is 0.111 e. The van der Waals surface area contributed by atoms with Crippen LogP contribution in [0.15, 0.2) is 30.3 Å². The molecule has 13 heavy (non-hydrogen) atoms. The van der Waals surface area contributed by atoms with E-state index in [4.69, 9.17) is 7.57 Å². The van der Waals surface area contributed by atoms with Gasteiger partial charge in [-0.3, -0.25) is 7.57 Å². The van der Waals surface area contributed by atoms with Crippen LogP contribution in [0.4, 0.5) is 0 Å². The molecular weight excluding hydrogens is 178 g/mol. The molecule has 3 heteroatoms. The fourth-order valence-corrected chi connectivity index (χ4v) is 3.06. The molecule has 69 valence electrons. The van der Waals surface area contributed by atoms with Crippen molar-refractivity contribution in [3.63, 3.8) is 0 Å². The average molecular weight is 193 g/mol. The van der Waals surface area contributed by atoms with Crippen molar-refractivity contribution in [2.24, 2.45) is 0 Å². The van der Waals surface area contributed by atoms with Crippen LogP contribution in [0.25, 0.3) is 0 Å². The van der Waals surface area contributed by atoms with Crippen LogP contribution < -0.4 is 5.30 Å². The molecule has 0 aliphatic carbocycles. The Morgan fingerprint density at radius 3 is 2.23 bits per heavy atom. The van der Waals surface area contributed by atoms with E-state index >= 15 is 0 Å². The van der Waals surface area contributed by atoms with Crippen LogP contribution in [-0.2, 0) is 0 Å². The Kier molecular flexibility index (Phi) is 3.52. The quantitative estimate of drug-likeness (QED) is 0.572. The number of aliphatic hydroxyl groups excluding tert-OH is 1. The number of hydrogen-bond acceptors (Lipinski definition) is 1. The van der Waals surface area contributed by atoms with Crippen molar-refractivity contribution in [2.45, 2.75) is 19.5 Å². The van der Waals surface area contributed by atoms with E-state index in [2.05, 4.69) is 13.8 Å². The molecule has 0 heterocycles. The molecule has 0 aliphatic heterocycles. The van der Waals surface area contributed by atoms with Gasteiger partial charge < -0.3 is 5.11 Å². The third-order valence-corrected chi connectivity index (χ3v) is 5.96. The highest BCUT2D eigenvalue weighted by atomic mass is 31.2. The first-order valence-corrected chi connectivity index (χ1v) is 6.55. The summed E-state index contributed by atoms with van der Waals surface area (Å²) in [6, 6.07) is 9.91. The lowest BCUT2D eigenvalue weighted by atomic mass is 10.4. The highest BCUT2D eigenvalue weighted by Gasteiger charge is 2.23. The second-order valence-corrected chi connectivity index (χ2v) is 7.19. The smallest absolute Gasteiger partial charge is 0.111 e. The predicted octanol–water partition coefficient (Wildman–Crippen LogP) is 1.77. The van der Waals surface area contributed by atoms with E-state index < -0.39 is 7.14 Å². The van der Waals surface area contributed by atoms with Crippen LogP contribution in [-0.4, -0.2) is 24.7 Å². The summed E-state index contributed by atoms with van der Waals surface area (Å²) in [5, 5.41) is 10.4. The van der Waals surface area contributed by atoms with E-state index in [0.29, 0.717) is 5.66 Å². The molecule has 1 aromatic carbocycles. The fourth-order valence-electron chi connectivity index (χ4n) is 1.25. The molecule has 0 amide bonds. The summed E-state index contributed by atoms with van der Waals surface area (Å²) in [6.45, 7) is 4.13. The second-order valence-electron chi connectivity index (χ2n) is 3.50. The molecule has 0 bridgehead atoms. The van der Waals surface area contributed by atoms with E-state index in [0.717, 1.165) is 5.30 Å². The van der Waals surface area contributed by atoms with Crippen LogP contribution in [0.5, 0.6) is 0 Å². The molecule has 1 rings (SSSR count). The molecule has 3 radical (unpaired) electrons. The van der Waals surface area contributed by atoms with Crippen LogP contribution in [0.3, 0.4) is 0 Å². The molecule has 0 spiro atoms. The molecule has 1 unspecified atom stereocenters. The third kappa shape index (κ3) is 2.13. The molecule has 0 aromatic heterocycles. The van der Waals surface area contributed by atoms with Crippen molar-refractivity contribution in [1.29, 1.82) is 0 Å². The SMILES string of the molecule is [B-][P+](CO)(c1ccccc1)C(C)C. The van der Waals surface area contributed by atoms with E-state index in [9.17, 15) is 5.11 Å². The number of aliphatic hydroxyl groups is 1. The van der Waals surface area contributed by atoms with Crippen molar-refractivity contribution in [3.8, 4) is 0 Å². The zero-order chi connectivity index (χ0) is 9.90. The molecule has 0 aliphatic rings. The topological polar surface area (TPSA) is 20.2 Å². The number of hydrogen-bond donors (Lipinski definition) is 1. The van der Waals surface area contributed by atoms with Crippen molar-refractivity contribution in [3.05, 3.63) is 30.3 Å². The van der Waals surface area contributed by atoms with Crippen LogP contribution in [0, 0.1) is 0 Å². The predicted molar refractivity (Wildman–Crippen MR) is 61.0 cm³/mol. The summed E-state index contributed by atoms with van der Waals surface area (Å²) in [5.74, 6) is 0. The van der Waals surface area contributed by atoms with Gasteiger partial charge in [-0.2, -0.15) is 7.14 Å². The highest BCUT2D eigenvalue weighted by molar-refractivity contribution is 8.03. The Hall–Kier alpha value is -0.325. The van der Waals surface area contributed by atoms with E-state index in [1.807, 2.05) is 30.3 Å². The van der Waals surface area contributed by atoms with Crippen molar-refractivity contribution >= 4 is 20.0 Å². The first-order valence-electron chi connectivity index (χ1n) is 4.44. The normalized spacial score (nSPS) is 15.8. The zero-order valence-corrected chi connectivity index (χ0v) is 9.04. The molecule has 1 N–H and O–H groups in total. The van der Waals surface area contributed by atoms with Crippen LogP contribution in [0.1, 0.15) is 13.8 Å². The highest BCUT2D eigenvalue weighted by Crippen LogP contribution is 2.55. The van der Waals surface area contributed by atoms with Gasteiger partial charge in [0.25, 0.3) is 0 Å². The first kappa shape index (κ1) is 10.8. The lowest BCUT2D eigenvalue weighted by Crippen LogP contribution is -2.21. The lowest BCUT2D eigenvalue weighted by Gasteiger charge is -2.38. The molecule has 1 aromatic rings. The molecule has 1 atom stereocenters. The zero-order valence-electron chi connectivity index (χ0n) is 8.14. The van der Waals surface area contributed by atoms with Crippen molar-refractivity contribution in [1.82, 2.24) is 0 Å². The summed E-state index contributed by atoms with van der Waals surface area (Å²) in [6.07, 6.45) is 0.0919. The summed E-state index contributed by atoms with van der Waals surface area (Å²) in [4.78, 5) is 0. The maximum atomic E-state index is 9.33. The van der Waals surface area contributed by atoms with E-state index in [1.54, 1.807) is 0 Å². The minimum Gasteiger partial charge on any atom is -0.366 e. The Labute approximate surface area is 81.9 Å². The van der Waals surface area contributed by atoms with Gasteiger partial charge >= 0.3 is 0 Å². The molecule has 1 nitrogen and oxygen atoms in total. The number of rotatable bonds is 3. The summed E-state index contributed by atoms with van der Waals surface area (Å²) in [5.41, 5.74) is 0.333. The first-order chi connectivity index (χ1) is 6.11. The Morgan fingerprint density at radius 2 is 1.85 bits per heavy atom. The lowest BCUT2D eigenvalue weighted by molar-refractivity contribution is 0.369.